The molecule has 0 aromatic carbocycles. The second-order valence-electron chi connectivity index (χ2n) is 6.26. The van der Waals surface area contributed by atoms with E-state index in [9.17, 15) is 4.79 Å². The summed E-state index contributed by atoms with van der Waals surface area (Å²) in [4.78, 5) is 10.5. The Bertz CT molecular complexity index is 388. The van der Waals surface area contributed by atoms with Crippen molar-refractivity contribution >= 4 is 6.29 Å². The largest absolute Gasteiger partial charge is 0.362 e. The number of carbonyl (C=O) groups is 1. The highest BCUT2D eigenvalue weighted by atomic mass is 16.7. The van der Waals surface area contributed by atoms with Crippen molar-refractivity contribution in [3.05, 3.63) is 11.6 Å². The molecule has 0 aromatic rings. The van der Waals surface area contributed by atoms with Gasteiger partial charge in [-0.05, 0) is 39.0 Å². The minimum Gasteiger partial charge on any atom is -0.362 e. The number of allylic oxidation sites excluding steroid dienone is 2. The van der Waals surface area contributed by atoms with Gasteiger partial charge < -0.3 is 19.0 Å². The minimum atomic E-state index is -0.290. The number of hydrogen-bond acceptors (Lipinski definition) is 4. The first kappa shape index (κ1) is 14.2. The van der Waals surface area contributed by atoms with Crippen LogP contribution in [-0.2, 0) is 19.0 Å². The van der Waals surface area contributed by atoms with Gasteiger partial charge in [-0.1, -0.05) is 11.6 Å². The van der Waals surface area contributed by atoms with E-state index in [-0.39, 0.29) is 18.0 Å². The Kier molecular flexibility index (Phi) is 4.24. The quantitative estimate of drug-likeness (QED) is 0.409. The van der Waals surface area contributed by atoms with Crippen LogP contribution in [0.25, 0.3) is 0 Å². The van der Waals surface area contributed by atoms with Gasteiger partial charge in [0.25, 0.3) is 0 Å². The van der Waals surface area contributed by atoms with Gasteiger partial charge in [-0.3, -0.25) is 0 Å². The third kappa shape index (κ3) is 3.30. The summed E-state index contributed by atoms with van der Waals surface area (Å²) in [5.41, 5.74) is 1.37. The van der Waals surface area contributed by atoms with Crippen molar-refractivity contribution in [2.75, 3.05) is 6.61 Å². The lowest BCUT2D eigenvalue weighted by Crippen LogP contribution is -2.33. The van der Waals surface area contributed by atoms with Crippen molar-refractivity contribution in [3.8, 4) is 0 Å². The Morgan fingerprint density at radius 1 is 1.45 bits per heavy atom. The van der Waals surface area contributed by atoms with Gasteiger partial charge in [0.1, 0.15) is 6.10 Å². The molecule has 0 N–H and O–H groups in total. The van der Waals surface area contributed by atoms with E-state index in [4.69, 9.17) is 14.2 Å². The number of rotatable bonds is 7. The zero-order chi connectivity index (χ0) is 14.0. The third-order valence-corrected chi connectivity index (χ3v) is 4.59. The molecular weight excluding hydrogens is 256 g/mol. The Morgan fingerprint density at radius 2 is 2.35 bits per heavy atom. The van der Waals surface area contributed by atoms with Gasteiger partial charge >= 0.3 is 0 Å². The highest BCUT2D eigenvalue weighted by Crippen LogP contribution is 2.39. The van der Waals surface area contributed by atoms with Crippen molar-refractivity contribution in [2.24, 2.45) is 0 Å². The smallest absolute Gasteiger partial charge is 0.169 e. The molecule has 0 saturated carbocycles. The molecule has 0 radical (unpaired) electrons. The summed E-state index contributed by atoms with van der Waals surface area (Å²) in [5.74, 6) is -0.290. The molecular formula is C16H24O4. The number of fused-ring (bicyclic) bond motifs is 2. The van der Waals surface area contributed by atoms with E-state index in [1.165, 1.54) is 12.0 Å². The molecule has 0 aromatic heterocycles. The van der Waals surface area contributed by atoms with Crippen LogP contribution in [0.1, 0.15) is 51.9 Å². The number of hydrogen-bond donors (Lipinski definition) is 0. The number of carbonyl (C=O) groups excluding carboxylic acids is 1. The molecule has 4 heteroatoms. The van der Waals surface area contributed by atoms with Gasteiger partial charge in [0.15, 0.2) is 12.1 Å². The number of ether oxygens (including phenoxy) is 3. The van der Waals surface area contributed by atoms with Gasteiger partial charge in [0.05, 0.1) is 18.8 Å². The zero-order valence-electron chi connectivity index (χ0n) is 12.2. The van der Waals surface area contributed by atoms with Crippen LogP contribution in [0.4, 0.5) is 0 Å². The normalized spacial score (nSPS) is 39.9. The van der Waals surface area contributed by atoms with Crippen LogP contribution < -0.4 is 0 Å². The maximum absolute atomic E-state index is 10.5. The molecule has 3 aliphatic heterocycles. The SMILES string of the molecule is C/C(=C\CC[C@]12CCC[C@H](CO1)O2)CC[C@@H]1O[C@H]1C=O. The molecule has 3 rings (SSSR count). The monoisotopic (exact) mass is 280 g/mol. The standard InChI is InChI=1S/C16H24O4/c1-12(6-7-14-15(10-17)19-14)4-2-8-16-9-3-5-13(20-16)11-18-16/h4,10,13-15H,2-3,5-9,11H2,1H3/b12-4+/t13-,14+,15+,16+/m1/s1. The highest BCUT2D eigenvalue weighted by Gasteiger charge is 2.43. The molecule has 0 spiro atoms. The van der Waals surface area contributed by atoms with Crippen molar-refractivity contribution in [1.82, 2.24) is 0 Å². The topological polar surface area (TPSA) is 48.1 Å². The first-order valence-electron chi connectivity index (χ1n) is 7.79. The lowest BCUT2D eigenvalue weighted by atomic mass is 9.98. The summed E-state index contributed by atoms with van der Waals surface area (Å²) < 4.78 is 17.1. The molecule has 2 bridgehead atoms. The van der Waals surface area contributed by atoms with Gasteiger partial charge in [0, 0.05) is 12.8 Å². The summed E-state index contributed by atoms with van der Waals surface area (Å²) in [7, 11) is 0. The van der Waals surface area contributed by atoms with E-state index >= 15 is 0 Å². The highest BCUT2D eigenvalue weighted by molar-refractivity contribution is 5.60. The molecule has 0 aliphatic carbocycles. The second kappa shape index (κ2) is 5.96. The predicted molar refractivity (Wildman–Crippen MR) is 74.4 cm³/mol. The Morgan fingerprint density at radius 3 is 3.15 bits per heavy atom. The van der Waals surface area contributed by atoms with Crippen molar-refractivity contribution in [2.45, 2.75) is 76.0 Å². The van der Waals surface area contributed by atoms with Crippen LogP contribution in [0.15, 0.2) is 11.6 Å². The van der Waals surface area contributed by atoms with E-state index < -0.39 is 0 Å². The fraction of sp³-hybridized carbons (Fsp3) is 0.812. The van der Waals surface area contributed by atoms with Gasteiger partial charge in [-0.25, -0.2) is 0 Å². The van der Waals surface area contributed by atoms with E-state index in [0.717, 1.165) is 51.4 Å². The van der Waals surface area contributed by atoms with Crippen LogP contribution >= 0.6 is 0 Å². The van der Waals surface area contributed by atoms with Gasteiger partial charge in [-0.2, -0.15) is 0 Å². The molecule has 112 valence electrons. The molecule has 0 unspecified atom stereocenters. The Hall–Kier alpha value is -0.710. The lowest BCUT2D eigenvalue weighted by Gasteiger charge is -2.31. The molecule has 3 fully saturated rings. The number of aldehydes is 1. The van der Waals surface area contributed by atoms with Crippen LogP contribution in [0, 0.1) is 0 Å². The maximum atomic E-state index is 10.5. The van der Waals surface area contributed by atoms with Crippen LogP contribution in [-0.4, -0.2) is 37.0 Å². The third-order valence-electron chi connectivity index (χ3n) is 4.59. The summed E-state index contributed by atoms with van der Waals surface area (Å²) in [5, 5.41) is 0. The molecule has 3 heterocycles. The summed E-state index contributed by atoms with van der Waals surface area (Å²) in [6, 6.07) is 0. The molecule has 0 amide bonds. The van der Waals surface area contributed by atoms with Gasteiger partial charge in [0.2, 0.25) is 0 Å². The molecule has 3 aliphatic rings. The number of epoxide rings is 1. The van der Waals surface area contributed by atoms with Crippen LogP contribution in [0.3, 0.4) is 0 Å². The fourth-order valence-electron chi connectivity index (χ4n) is 3.26. The Labute approximate surface area is 120 Å². The Balaban J connectivity index is 1.38. The van der Waals surface area contributed by atoms with E-state index in [0.29, 0.717) is 6.10 Å². The second-order valence-corrected chi connectivity index (χ2v) is 6.26. The van der Waals surface area contributed by atoms with E-state index in [1.807, 2.05) is 0 Å². The summed E-state index contributed by atoms with van der Waals surface area (Å²) >= 11 is 0. The van der Waals surface area contributed by atoms with E-state index in [2.05, 4.69) is 13.0 Å². The molecule has 20 heavy (non-hydrogen) atoms. The zero-order valence-corrected chi connectivity index (χ0v) is 12.2. The van der Waals surface area contributed by atoms with Crippen LogP contribution in [0.2, 0.25) is 0 Å². The summed E-state index contributed by atoms with van der Waals surface area (Å²) in [6.07, 6.45) is 10.9. The van der Waals surface area contributed by atoms with E-state index in [1.54, 1.807) is 0 Å². The summed E-state index contributed by atoms with van der Waals surface area (Å²) in [6.45, 7) is 2.92. The first-order valence-corrected chi connectivity index (χ1v) is 7.79. The average molecular weight is 280 g/mol. The predicted octanol–water partition coefficient (Wildman–Crippen LogP) is 2.76. The first-order chi connectivity index (χ1) is 9.71. The van der Waals surface area contributed by atoms with Crippen molar-refractivity contribution in [3.63, 3.8) is 0 Å². The fourth-order valence-corrected chi connectivity index (χ4v) is 3.26. The molecule has 4 atom stereocenters. The maximum Gasteiger partial charge on any atom is 0.169 e. The molecule has 4 nitrogen and oxygen atoms in total. The lowest BCUT2D eigenvalue weighted by molar-refractivity contribution is -0.191. The van der Waals surface area contributed by atoms with Crippen molar-refractivity contribution in [1.29, 1.82) is 0 Å². The van der Waals surface area contributed by atoms with Gasteiger partial charge in [-0.15, -0.1) is 0 Å². The average Bonchev–Trinajstić information content (AvgIpc) is 3.16. The molecule has 3 saturated heterocycles. The van der Waals surface area contributed by atoms with Crippen molar-refractivity contribution < 1.29 is 19.0 Å². The van der Waals surface area contributed by atoms with Crippen LogP contribution in [0.5, 0.6) is 0 Å². The minimum absolute atomic E-state index is 0.138.